The van der Waals surface area contributed by atoms with Crippen LogP contribution in [0.4, 0.5) is 15.8 Å². The molecule has 0 spiro atoms. The summed E-state index contributed by atoms with van der Waals surface area (Å²) >= 11 is 0. The highest BCUT2D eigenvalue weighted by Gasteiger charge is 2.20. The maximum atomic E-state index is 13.2. The number of anilines is 2. The number of phenols is 1. The number of ether oxygens (including phenoxy) is 1. The number of phenolic OH excluding ortho intramolecular Hbond substituents is 1. The molecule has 0 heterocycles. The van der Waals surface area contributed by atoms with E-state index >= 15 is 0 Å². The molecule has 0 unspecified atom stereocenters. The van der Waals surface area contributed by atoms with Crippen LogP contribution in [-0.4, -0.2) is 16.7 Å². The van der Waals surface area contributed by atoms with Crippen LogP contribution in [0.5, 0.6) is 5.75 Å². The summed E-state index contributed by atoms with van der Waals surface area (Å²) in [5.74, 6) is -0.595. The molecule has 5 heteroatoms. The number of rotatable bonds is 5. The smallest absolute Gasteiger partial charge is 0.340 e. The van der Waals surface area contributed by atoms with E-state index in [1.807, 2.05) is 51.1 Å². The van der Waals surface area contributed by atoms with Crippen molar-refractivity contribution in [2.45, 2.75) is 26.4 Å². The van der Waals surface area contributed by atoms with E-state index in [9.17, 15) is 14.3 Å². The standard InChI is InChI=1S/C25H24FNO3/c1-25(2,3)30-24(29)22-14-9-18(8-7-17-5-4-6-21(28)15-17)16-23(22)27-20-12-10-19(26)11-13-20/h4-16,27-28H,1-3H3. The third-order valence-corrected chi connectivity index (χ3v) is 4.12. The fraction of sp³-hybridized carbons (Fsp3) is 0.160. The highest BCUT2D eigenvalue weighted by molar-refractivity contribution is 5.97. The molecule has 0 saturated carbocycles. The first-order valence-corrected chi connectivity index (χ1v) is 9.57. The molecule has 0 radical (unpaired) electrons. The van der Waals surface area contributed by atoms with Gasteiger partial charge < -0.3 is 15.2 Å². The average Bonchev–Trinajstić information content (AvgIpc) is 2.67. The van der Waals surface area contributed by atoms with Gasteiger partial charge in [-0.15, -0.1) is 0 Å². The lowest BCUT2D eigenvalue weighted by molar-refractivity contribution is 0.00707. The molecule has 0 aliphatic rings. The van der Waals surface area contributed by atoms with E-state index in [0.29, 0.717) is 16.9 Å². The van der Waals surface area contributed by atoms with Crippen molar-refractivity contribution in [2.24, 2.45) is 0 Å². The van der Waals surface area contributed by atoms with Crippen LogP contribution in [0.3, 0.4) is 0 Å². The van der Waals surface area contributed by atoms with Crippen molar-refractivity contribution in [1.29, 1.82) is 0 Å². The second-order valence-corrected chi connectivity index (χ2v) is 7.87. The van der Waals surface area contributed by atoms with Crippen LogP contribution >= 0.6 is 0 Å². The lowest BCUT2D eigenvalue weighted by Gasteiger charge is -2.21. The number of nitrogens with one attached hydrogen (secondary N) is 1. The molecule has 2 N–H and O–H groups in total. The molecule has 0 amide bonds. The summed E-state index contributed by atoms with van der Waals surface area (Å²) in [5.41, 5.74) is 2.64. The molecule has 0 atom stereocenters. The summed E-state index contributed by atoms with van der Waals surface area (Å²) in [4.78, 5) is 12.7. The van der Waals surface area contributed by atoms with Gasteiger partial charge in [0.2, 0.25) is 0 Å². The molecule has 30 heavy (non-hydrogen) atoms. The summed E-state index contributed by atoms with van der Waals surface area (Å²) in [5, 5.41) is 12.8. The zero-order valence-electron chi connectivity index (χ0n) is 17.1. The van der Waals surface area contributed by atoms with Gasteiger partial charge in [0.1, 0.15) is 17.2 Å². The Labute approximate surface area is 175 Å². The Morgan fingerprint density at radius 3 is 2.27 bits per heavy atom. The number of carbonyl (C=O) groups excluding carboxylic acids is 1. The number of benzene rings is 3. The third-order valence-electron chi connectivity index (χ3n) is 4.12. The topological polar surface area (TPSA) is 58.6 Å². The van der Waals surface area contributed by atoms with Crippen molar-refractivity contribution in [3.8, 4) is 5.75 Å². The van der Waals surface area contributed by atoms with E-state index in [0.717, 1.165) is 11.1 Å². The third kappa shape index (κ3) is 5.95. The van der Waals surface area contributed by atoms with Crippen LogP contribution in [0.2, 0.25) is 0 Å². The first kappa shape index (κ1) is 21.1. The van der Waals surface area contributed by atoms with Gasteiger partial charge in [0.15, 0.2) is 0 Å². The van der Waals surface area contributed by atoms with Crippen LogP contribution < -0.4 is 5.32 Å². The van der Waals surface area contributed by atoms with E-state index in [1.165, 1.54) is 12.1 Å². The molecular weight excluding hydrogens is 381 g/mol. The molecular formula is C25H24FNO3. The highest BCUT2D eigenvalue weighted by atomic mass is 19.1. The monoisotopic (exact) mass is 405 g/mol. The van der Waals surface area contributed by atoms with E-state index in [1.54, 1.807) is 36.4 Å². The Morgan fingerprint density at radius 1 is 0.967 bits per heavy atom. The van der Waals surface area contributed by atoms with Crippen molar-refractivity contribution in [3.63, 3.8) is 0 Å². The van der Waals surface area contributed by atoms with Crippen LogP contribution in [0.1, 0.15) is 42.3 Å². The van der Waals surface area contributed by atoms with Crippen LogP contribution in [0.25, 0.3) is 12.2 Å². The largest absolute Gasteiger partial charge is 0.508 e. The van der Waals surface area contributed by atoms with Gasteiger partial charge in [0.25, 0.3) is 0 Å². The quantitative estimate of drug-likeness (QED) is 0.381. The van der Waals surface area contributed by atoms with Gasteiger partial charge in [-0.3, -0.25) is 0 Å². The summed E-state index contributed by atoms with van der Waals surface area (Å²) in [6.45, 7) is 5.43. The van der Waals surface area contributed by atoms with Crippen LogP contribution in [0.15, 0.2) is 66.7 Å². The molecule has 0 bridgehead atoms. The minimum atomic E-state index is -0.627. The molecule has 0 aliphatic carbocycles. The predicted octanol–water partition coefficient (Wildman–Crippen LogP) is 6.40. The van der Waals surface area contributed by atoms with Gasteiger partial charge >= 0.3 is 5.97 Å². The maximum Gasteiger partial charge on any atom is 0.340 e. The van der Waals surface area contributed by atoms with E-state index in [-0.39, 0.29) is 11.6 Å². The number of hydrogen-bond donors (Lipinski definition) is 2. The zero-order valence-corrected chi connectivity index (χ0v) is 17.1. The molecule has 4 nitrogen and oxygen atoms in total. The molecule has 3 aromatic rings. The predicted molar refractivity (Wildman–Crippen MR) is 118 cm³/mol. The zero-order chi connectivity index (χ0) is 21.7. The fourth-order valence-electron chi connectivity index (χ4n) is 2.79. The summed E-state index contributed by atoms with van der Waals surface area (Å²) < 4.78 is 18.8. The molecule has 0 saturated heterocycles. The number of halogens is 1. The van der Waals surface area contributed by atoms with Crippen molar-refractivity contribution < 1.29 is 19.0 Å². The Bertz CT molecular complexity index is 1070. The van der Waals surface area contributed by atoms with Gasteiger partial charge in [-0.1, -0.05) is 30.4 Å². The van der Waals surface area contributed by atoms with E-state index in [2.05, 4.69) is 5.32 Å². The summed E-state index contributed by atoms with van der Waals surface area (Å²) in [7, 11) is 0. The molecule has 3 aromatic carbocycles. The molecule has 0 aliphatic heterocycles. The molecule has 3 rings (SSSR count). The van der Waals surface area contributed by atoms with Crippen LogP contribution in [-0.2, 0) is 4.74 Å². The first-order valence-electron chi connectivity index (χ1n) is 9.57. The minimum absolute atomic E-state index is 0.191. The fourth-order valence-corrected chi connectivity index (χ4v) is 2.79. The number of carbonyl (C=O) groups is 1. The number of esters is 1. The van der Waals surface area contributed by atoms with Crippen molar-refractivity contribution in [1.82, 2.24) is 0 Å². The van der Waals surface area contributed by atoms with E-state index in [4.69, 9.17) is 4.74 Å². The average molecular weight is 405 g/mol. The van der Waals surface area contributed by atoms with Gasteiger partial charge in [0.05, 0.1) is 11.3 Å². The Balaban J connectivity index is 1.94. The summed E-state index contributed by atoms with van der Waals surface area (Å²) in [6, 6.07) is 18.1. The Kier molecular flexibility index (Phi) is 6.21. The van der Waals surface area contributed by atoms with Gasteiger partial charge in [0, 0.05) is 5.69 Å². The lowest BCUT2D eigenvalue weighted by atomic mass is 10.1. The first-order chi connectivity index (χ1) is 14.2. The normalized spacial score (nSPS) is 11.5. The Hall–Kier alpha value is -3.60. The molecule has 0 fully saturated rings. The maximum absolute atomic E-state index is 13.2. The summed E-state index contributed by atoms with van der Waals surface area (Å²) in [6.07, 6.45) is 3.74. The van der Waals surface area contributed by atoms with E-state index < -0.39 is 11.6 Å². The second-order valence-electron chi connectivity index (χ2n) is 7.87. The number of aromatic hydroxyl groups is 1. The van der Waals surface area contributed by atoms with Crippen molar-refractivity contribution in [3.05, 3.63) is 89.2 Å². The number of hydrogen-bond acceptors (Lipinski definition) is 4. The van der Waals surface area contributed by atoms with Crippen molar-refractivity contribution in [2.75, 3.05) is 5.32 Å². The van der Waals surface area contributed by atoms with Crippen LogP contribution in [0, 0.1) is 5.82 Å². The SMILES string of the molecule is CC(C)(C)OC(=O)c1ccc(C=Cc2cccc(O)c2)cc1Nc1ccc(F)cc1. The van der Waals surface area contributed by atoms with Crippen molar-refractivity contribution >= 4 is 29.5 Å². The lowest BCUT2D eigenvalue weighted by Crippen LogP contribution is -2.24. The van der Waals surface area contributed by atoms with Gasteiger partial charge in [-0.2, -0.15) is 0 Å². The second kappa shape index (κ2) is 8.82. The Morgan fingerprint density at radius 2 is 1.63 bits per heavy atom. The minimum Gasteiger partial charge on any atom is -0.508 e. The molecule has 154 valence electrons. The van der Waals surface area contributed by atoms with Gasteiger partial charge in [-0.05, 0) is 80.4 Å². The van der Waals surface area contributed by atoms with Gasteiger partial charge in [-0.25, -0.2) is 9.18 Å². The molecule has 0 aromatic heterocycles. The highest BCUT2D eigenvalue weighted by Crippen LogP contribution is 2.26.